The summed E-state index contributed by atoms with van der Waals surface area (Å²) in [5.74, 6) is -4.43. The van der Waals surface area contributed by atoms with Gasteiger partial charge in [0.25, 0.3) is 5.91 Å². The zero-order valence-electron chi connectivity index (χ0n) is 19.5. The third-order valence-corrected chi connectivity index (χ3v) is 8.18. The highest BCUT2D eigenvalue weighted by Crippen LogP contribution is 2.50. The van der Waals surface area contributed by atoms with Crippen molar-refractivity contribution in [1.29, 1.82) is 0 Å². The second kappa shape index (κ2) is 8.52. The molecule has 2 saturated carbocycles. The molecule has 2 heterocycles. The van der Waals surface area contributed by atoms with E-state index in [2.05, 4.69) is 19.8 Å². The summed E-state index contributed by atoms with van der Waals surface area (Å²) in [6, 6.07) is 2.63. The van der Waals surface area contributed by atoms with E-state index in [0.29, 0.717) is 12.8 Å². The van der Waals surface area contributed by atoms with Gasteiger partial charge in [-0.15, -0.1) is 0 Å². The van der Waals surface area contributed by atoms with Crippen molar-refractivity contribution in [2.24, 2.45) is 9.78 Å². The Kier molecular flexibility index (Phi) is 6.22. The molecular weight excluding hydrogens is 493 g/mol. The van der Waals surface area contributed by atoms with Gasteiger partial charge in [0.15, 0.2) is 0 Å². The molecular formula is C22H26F5N5O2S. The van der Waals surface area contributed by atoms with Crippen molar-refractivity contribution < 1.29 is 31.0 Å². The number of rotatable bonds is 6. The molecule has 1 N–H and O–H groups in total. The van der Waals surface area contributed by atoms with E-state index in [9.17, 15) is 31.0 Å². The summed E-state index contributed by atoms with van der Waals surface area (Å²) >= 11 is 0. The molecule has 7 nitrogen and oxygen atoms in total. The smallest absolute Gasteiger partial charge is 0.320 e. The molecule has 2 fully saturated rings. The summed E-state index contributed by atoms with van der Waals surface area (Å²) in [5, 5.41) is 6.62. The first kappa shape index (κ1) is 25.5. The minimum absolute atomic E-state index is 0.0571. The fourth-order valence-electron chi connectivity index (χ4n) is 4.51. The average molecular weight is 520 g/mol. The Bertz CT molecular complexity index is 1280. The highest BCUT2D eigenvalue weighted by molar-refractivity contribution is 7.92. The van der Waals surface area contributed by atoms with Crippen molar-refractivity contribution in [2.75, 3.05) is 18.6 Å². The molecule has 1 unspecified atom stereocenters. The number of nitrogens with zero attached hydrogens (tertiary/aromatic N) is 4. The lowest BCUT2D eigenvalue weighted by molar-refractivity contribution is -0.138. The van der Waals surface area contributed by atoms with Crippen LogP contribution >= 0.6 is 0 Å². The van der Waals surface area contributed by atoms with Gasteiger partial charge in [-0.3, -0.25) is 9.48 Å². The van der Waals surface area contributed by atoms with Crippen LogP contribution in [0.25, 0.3) is 0 Å². The summed E-state index contributed by atoms with van der Waals surface area (Å²) in [6.07, 6.45) is -2.01. The second-order valence-electron chi connectivity index (χ2n) is 9.70. The fraction of sp³-hybridized carbons (Fsp3) is 0.591. The molecule has 2 aliphatic carbocycles. The first-order valence-electron chi connectivity index (χ1n) is 11.1. The molecule has 0 saturated heterocycles. The van der Waals surface area contributed by atoms with Crippen LogP contribution in [-0.2, 0) is 22.5 Å². The molecule has 2 atom stereocenters. The first-order valence-corrected chi connectivity index (χ1v) is 13.0. The van der Waals surface area contributed by atoms with Crippen LogP contribution in [0, 0.1) is 5.41 Å². The topological polar surface area (TPSA) is 89.2 Å². The normalized spacial score (nSPS) is 23.7. The number of aromatic nitrogens is 3. The monoisotopic (exact) mass is 519 g/mol. The van der Waals surface area contributed by atoms with Crippen molar-refractivity contribution in [1.82, 2.24) is 14.8 Å². The molecule has 0 aliphatic heterocycles. The SMILES string of the molecule is CN=[S@](C)(=O)c1cc(NC(=O)c2c(C(F)(F)F)c(C3CC3)nn2CC2(C)CCC(F)(F)C2)ccn1. The number of anilines is 1. The van der Waals surface area contributed by atoms with Gasteiger partial charge in [0.2, 0.25) is 5.92 Å². The van der Waals surface area contributed by atoms with Gasteiger partial charge in [0.1, 0.15) is 16.3 Å². The van der Waals surface area contributed by atoms with E-state index in [1.165, 1.54) is 31.6 Å². The summed E-state index contributed by atoms with van der Waals surface area (Å²) in [4.78, 5) is 17.2. The lowest BCUT2D eigenvalue weighted by Crippen LogP contribution is -2.28. The molecule has 0 spiro atoms. The molecule has 2 aromatic rings. The highest BCUT2D eigenvalue weighted by Gasteiger charge is 2.50. The minimum atomic E-state index is -4.87. The van der Waals surface area contributed by atoms with Gasteiger partial charge >= 0.3 is 6.18 Å². The predicted molar refractivity (Wildman–Crippen MR) is 119 cm³/mol. The Hall–Kier alpha value is -2.57. The van der Waals surface area contributed by atoms with E-state index < -0.39 is 56.7 Å². The molecule has 4 rings (SSSR count). The van der Waals surface area contributed by atoms with Crippen LogP contribution in [0.15, 0.2) is 27.7 Å². The Morgan fingerprint density at radius 1 is 1.31 bits per heavy atom. The zero-order valence-corrected chi connectivity index (χ0v) is 20.3. The van der Waals surface area contributed by atoms with Crippen LogP contribution < -0.4 is 5.32 Å². The number of hydrogen-bond acceptors (Lipinski definition) is 5. The molecule has 0 aromatic carbocycles. The number of carbonyl (C=O) groups is 1. The Morgan fingerprint density at radius 2 is 2.00 bits per heavy atom. The number of halogens is 5. The highest BCUT2D eigenvalue weighted by atomic mass is 32.2. The quantitative estimate of drug-likeness (QED) is 0.522. The largest absolute Gasteiger partial charge is 0.420 e. The molecule has 2 aliphatic rings. The van der Waals surface area contributed by atoms with Crippen molar-refractivity contribution in [3.63, 3.8) is 0 Å². The van der Waals surface area contributed by atoms with E-state index in [0.717, 1.165) is 4.68 Å². The van der Waals surface area contributed by atoms with E-state index in [1.807, 2.05) is 0 Å². The van der Waals surface area contributed by atoms with Gasteiger partial charge in [0, 0.05) is 50.5 Å². The summed E-state index contributed by atoms with van der Waals surface area (Å²) < 4.78 is 87.7. The lowest BCUT2D eigenvalue weighted by atomic mass is 9.88. The van der Waals surface area contributed by atoms with Gasteiger partial charge in [-0.1, -0.05) is 6.92 Å². The van der Waals surface area contributed by atoms with Crippen molar-refractivity contribution >= 4 is 21.3 Å². The standard InChI is InChI=1S/C22H26F5N5O2S/c1-20(7-8-21(23,24)11-20)12-32-18(16(22(25,26)27)17(31-32)13-4-5-13)19(33)30-14-6-9-29-15(10-14)35(3,34)28-2/h6,9-10,13H,4-5,7-8,11-12H2,1-3H3,(H,29,30,33)/t20?,35-/m1/s1. The maximum absolute atomic E-state index is 14.2. The van der Waals surface area contributed by atoms with Crippen LogP contribution in [0.4, 0.5) is 27.6 Å². The third-order valence-electron chi connectivity index (χ3n) is 6.48. The molecule has 2 aromatic heterocycles. The fourth-order valence-corrected chi connectivity index (χ4v) is 5.30. The molecule has 1 amide bonds. The minimum Gasteiger partial charge on any atom is -0.320 e. The van der Waals surface area contributed by atoms with Crippen molar-refractivity contribution in [2.45, 2.75) is 68.6 Å². The van der Waals surface area contributed by atoms with Gasteiger partial charge in [-0.25, -0.2) is 22.3 Å². The van der Waals surface area contributed by atoms with E-state index >= 15 is 0 Å². The number of hydrogen-bond donors (Lipinski definition) is 1. The molecule has 192 valence electrons. The van der Waals surface area contributed by atoms with Crippen LogP contribution in [0.3, 0.4) is 0 Å². The van der Waals surface area contributed by atoms with Crippen molar-refractivity contribution in [3.05, 3.63) is 35.3 Å². The maximum Gasteiger partial charge on any atom is 0.420 e. The summed E-state index contributed by atoms with van der Waals surface area (Å²) in [6.45, 7) is 1.32. The Morgan fingerprint density at radius 3 is 2.54 bits per heavy atom. The van der Waals surface area contributed by atoms with Crippen LogP contribution in [0.1, 0.15) is 66.7 Å². The third kappa shape index (κ3) is 5.34. The molecule has 0 radical (unpaired) electrons. The van der Waals surface area contributed by atoms with Crippen LogP contribution in [0.2, 0.25) is 0 Å². The number of carbonyl (C=O) groups excluding carboxylic acids is 1. The predicted octanol–water partition coefficient (Wildman–Crippen LogP) is 5.34. The molecule has 35 heavy (non-hydrogen) atoms. The zero-order chi connectivity index (χ0) is 25.8. The maximum atomic E-state index is 14.2. The second-order valence-corrected chi connectivity index (χ2v) is 12.1. The number of nitrogens with one attached hydrogen (secondary N) is 1. The number of pyridine rings is 1. The van der Waals surface area contributed by atoms with E-state index in [-0.39, 0.29) is 35.8 Å². The molecule has 0 bridgehead atoms. The molecule has 13 heteroatoms. The lowest BCUT2D eigenvalue weighted by Gasteiger charge is -2.25. The van der Waals surface area contributed by atoms with E-state index in [1.54, 1.807) is 6.92 Å². The van der Waals surface area contributed by atoms with Gasteiger partial charge in [-0.05, 0) is 36.8 Å². The summed E-state index contributed by atoms with van der Waals surface area (Å²) in [7, 11) is -1.51. The van der Waals surface area contributed by atoms with Gasteiger partial charge in [0.05, 0.1) is 15.4 Å². The van der Waals surface area contributed by atoms with Crippen LogP contribution in [0.5, 0.6) is 0 Å². The van der Waals surface area contributed by atoms with Gasteiger partial charge < -0.3 is 5.32 Å². The number of alkyl halides is 5. The van der Waals surface area contributed by atoms with Gasteiger partial charge in [-0.2, -0.15) is 18.3 Å². The van der Waals surface area contributed by atoms with Crippen molar-refractivity contribution in [3.8, 4) is 0 Å². The summed E-state index contributed by atoms with van der Waals surface area (Å²) in [5.41, 5.74) is -3.03. The van der Waals surface area contributed by atoms with E-state index in [4.69, 9.17) is 0 Å². The Labute approximate surface area is 199 Å². The average Bonchev–Trinajstić information content (AvgIpc) is 3.46. The van der Waals surface area contributed by atoms with Crippen LogP contribution in [-0.4, -0.2) is 44.1 Å². The number of amides is 1. The first-order chi connectivity index (χ1) is 16.1. The Balaban J connectivity index is 1.76.